The molecule has 2 aliphatic rings. The molecule has 0 aromatic carbocycles. The van der Waals surface area contributed by atoms with E-state index in [0.717, 1.165) is 39.3 Å². The Bertz CT molecular complexity index is 147. The fourth-order valence-electron chi connectivity index (χ4n) is 2.04. The number of piperazine rings is 1. The van der Waals surface area contributed by atoms with Gasteiger partial charge in [0.25, 0.3) is 0 Å². The molecule has 0 aliphatic carbocycles. The summed E-state index contributed by atoms with van der Waals surface area (Å²) in [6.45, 7) is 5.97. The van der Waals surface area contributed by atoms with Crippen molar-refractivity contribution in [2.75, 3.05) is 39.3 Å². The summed E-state index contributed by atoms with van der Waals surface area (Å²) in [7, 11) is 0. The predicted molar refractivity (Wildman–Crippen MR) is 47.1 cm³/mol. The first-order valence-corrected chi connectivity index (χ1v) is 4.71. The van der Waals surface area contributed by atoms with Crippen molar-refractivity contribution in [2.45, 2.75) is 12.1 Å². The number of nitrogens with zero attached hydrogens (tertiary/aromatic N) is 1. The Morgan fingerprint density at radius 3 is 2.42 bits per heavy atom. The summed E-state index contributed by atoms with van der Waals surface area (Å²) in [6.07, 6.45) is -0.164. The van der Waals surface area contributed by atoms with Gasteiger partial charge in [-0.3, -0.25) is 4.90 Å². The first-order chi connectivity index (χ1) is 5.88. The number of nitrogens with one attached hydrogen (secondary N) is 2. The maximum Gasteiger partial charge on any atom is 0.0831 e. The number of hydrogen-bond donors (Lipinski definition) is 3. The molecule has 0 aromatic heterocycles. The van der Waals surface area contributed by atoms with Gasteiger partial charge < -0.3 is 15.7 Å². The zero-order valence-electron chi connectivity index (χ0n) is 7.29. The average molecular weight is 171 g/mol. The number of aliphatic hydroxyl groups is 1. The van der Waals surface area contributed by atoms with Gasteiger partial charge in [0.2, 0.25) is 0 Å². The lowest BCUT2D eigenvalue weighted by atomic mass is 10.1. The van der Waals surface area contributed by atoms with Crippen LogP contribution in [0.1, 0.15) is 0 Å². The third kappa shape index (κ3) is 1.61. The number of β-amino-alcohol motifs (C(OH)–C–C–N with tert-alkyl or cyclic N) is 1. The lowest BCUT2D eigenvalue weighted by Crippen LogP contribution is -2.52. The van der Waals surface area contributed by atoms with Crippen LogP contribution in [0, 0.1) is 0 Å². The molecular weight excluding hydrogens is 154 g/mol. The summed E-state index contributed by atoms with van der Waals surface area (Å²) in [6, 6.07) is 0.354. The lowest BCUT2D eigenvalue weighted by molar-refractivity contribution is 0.0750. The van der Waals surface area contributed by atoms with Crippen LogP contribution in [0.3, 0.4) is 0 Å². The zero-order valence-corrected chi connectivity index (χ0v) is 7.29. The maximum atomic E-state index is 9.62. The summed E-state index contributed by atoms with van der Waals surface area (Å²) in [4.78, 5) is 2.38. The second-order valence-electron chi connectivity index (χ2n) is 3.58. The molecule has 2 fully saturated rings. The quantitative estimate of drug-likeness (QED) is 0.437. The van der Waals surface area contributed by atoms with Crippen LogP contribution in [0.15, 0.2) is 0 Å². The summed E-state index contributed by atoms with van der Waals surface area (Å²) in [5, 5.41) is 16.1. The zero-order chi connectivity index (χ0) is 8.39. The van der Waals surface area contributed by atoms with E-state index < -0.39 is 0 Å². The molecule has 2 atom stereocenters. The van der Waals surface area contributed by atoms with Crippen LogP contribution in [0.25, 0.3) is 0 Å². The summed E-state index contributed by atoms with van der Waals surface area (Å²) in [5.41, 5.74) is 0. The summed E-state index contributed by atoms with van der Waals surface area (Å²) >= 11 is 0. The van der Waals surface area contributed by atoms with Crippen LogP contribution < -0.4 is 10.6 Å². The lowest BCUT2D eigenvalue weighted by Gasteiger charge is -2.33. The normalized spacial score (nSPS) is 38.8. The first kappa shape index (κ1) is 8.44. The van der Waals surface area contributed by atoms with Crippen LogP contribution in [0.2, 0.25) is 0 Å². The van der Waals surface area contributed by atoms with Crippen molar-refractivity contribution < 1.29 is 5.11 Å². The van der Waals surface area contributed by atoms with Gasteiger partial charge in [-0.15, -0.1) is 0 Å². The summed E-state index contributed by atoms with van der Waals surface area (Å²) < 4.78 is 0. The Morgan fingerprint density at radius 1 is 1.08 bits per heavy atom. The van der Waals surface area contributed by atoms with Crippen molar-refractivity contribution in [2.24, 2.45) is 0 Å². The molecule has 12 heavy (non-hydrogen) atoms. The van der Waals surface area contributed by atoms with Gasteiger partial charge in [-0.05, 0) is 0 Å². The van der Waals surface area contributed by atoms with Crippen molar-refractivity contribution in [3.63, 3.8) is 0 Å². The molecule has 2 rings (SSSR count). The Kier molecular flexibility index (Phi) is 2.60. The number of rotatable bonds is 1. The molecule has 70 valence electrons. The van der Waals surface area contributed by atoms with Gasteiger partial charge >= 0.3 is 0 Å². The number of aliphatic hydroxyl groups excluding tert-OH is 1. The molecule has 2 aliphatic heterocycles. The Balaban J connectivity index is 1.89. The topological polar surface area (TPSA) is 47.5 Å². The minimum atomic E-state index is -0.164. The molecule has 0 unspecified atom stereocenters. The molecule has 0 amide bonds. The standard InChI is InChI=1S/C8H17N3O/c12-8-6-10-5-7(8)11-3-1-9-2-4-11/h7-10,12H,1-6H2/t7-,8-/m0/s1. The minimum Gasteiger partial charge on any atom is -0.390 e. The Morgan fingerprint density at radius 2 is 1.83 bits per heavy atom. The van der Waals surface area contributed by atoms with Crippen molar-refractivity contribution >= 4 is 0 Å². The highest BCUT2D eigenvalue weighted by Gasteiger charge is 2.30. The van der Waals surface area contributed by atoms with Crippen LogP contribution in [0.5, 0.6) is 0 Å². The minimum absolute atomic E-state index is 0.164. The predicted octanol–water partition coefficient (Wildman–Crippen LogP) is -1.78. The van der Waals surface area contributed by atoms with E-state index in [9.17, 15) is 5.11 Å². The van der Waals surface area contributed by atoms with Crippen LogP contribution in [0.4, 0.5) is 0 Å². The van der Waals surface area contributed by atoms with Gasteiger partial charge in [-0.1, -0.05) is 0 Å². The van der Waals surface area contributed by atoms with Crippen LogP contribution >= 0.6 is 0 Å². The van der Waals surface area contributed by atoms with E-state index >= 15 is 0 Å². The third-order valence-electron chi connectivity index (χ3n) is 2.77. The van der Waals surface area contributed by atoms with Gasteiger partial charge in [0.1, 0.15) is 0 Å². The number of hydrogen-bond acceptors (Lipinski definition) is 4. The molecule has 4 nitrogen and oxygen atoms in total. The second-order valence-corrected chi connectivity index (χ2v) is 3.58. The molecule has 0 spiro atoms. The van der Waals surface area contributed by atoms with Gasteiger partial charge in [0.05, 0.1) is 6.10 Å². The first-order valence-electron chi connectivity index (χ1n) is 4.71. The summed E-state index contributed by atoms with van der Waals surface area (Å²) in [5.74, 6) is 0. The van der Waals surface area contributed by atoms with E-state index in [1.54, 1.807) is 0 Å². The van der Waals surface area contributed by atoms with E-state index in [0.29, 0.717) is 6.04 Å². The van der Waals surface area contributed by atoms with Crippen LogP contribution in [-0.4, -0.2) is 61.4 Å². The second kappa shape index (κ2) is 3.70. The van der Waals surface area contributed by atoms with Crippen molar-refractivity contribution in [1.82, 2.24) is 15.5 Å². The SMILES string of the molecule is O[C@H]1CNC[C@@H]1N1CCNCC1. The van der Waals surface area contributed by atoms with Crippen molar-refractivity contribution in [1.29, 1.82) is 0 Å². The highest BCUT2D eigenvalue weighted by atomic mass is 16.3. The van der Waals surface area contributed by atoms with Gasteiger partial charge in [0, 0.05) is 45.3 Å². The highest BCUT2D eigenvalue weighted by molar-refractivity contribution is 4.89. The van der Waals surface area contributed by atoms with E-state index in [1.807, 2.05) is 0 Å². The smallest absolute Gasteiger partial charge is 0.0831 e. The monoisotopic (exact) mass is 171 g/mol. The van der Waals surface area contributed by atoms with Crippen molar-refractivity contribution in [3.05, 3.63) is 0 Å². The van der Waals surface area contributed by atoms with Crippen molar-refractivity contribution in [3.8, 4) is 0 Å². The fraction of sp³-hybridized carbons (Fsp3) is 1.00. The molecule has 2 heterocycles. The Labute approximate surface area is 72.9 Å². The average Bonchev–Trinajstić information content (AvgIpc) is 2.53. The molecular formula is C8H17N3O. The van der Waals surface area contributed by atoms with Gasteiger partial charge in [-0.25, -0.2) is 0 Å². The van der Waals surface area contributed by atoms with E-state index in [2.05, 4.69) is 15.5 Å². The maximum absolute atomic E-state index is 9.62. The van der Waals surface area contributed by atoms with E-state index in [-0.39, 0.29) is 6.10 Å². The Hall–Kier alpha value is -0.160. The molecule has 0 bridgehead atoms. The van der Waals surface area contributed by atoms with E-state index in [4.69, 9.17) is 0 Å². The van der Waals surface area contributed by atoms with Gasteiger partial charge in [0.15, 0.2) is 0 Å². The molecule has 0 radical (unpaired) electrons. The molecule has 0 aromatic rings. The van der Waals surface area contributed by atoms with Gasteiger partial charge in [-0.2, -0.15) is 0 Å². The molecule has 0 saturated carbocycles. The van der Waals surface area contributed by atoms with Crippen LogP contribution in [-0.2, 0) is 0 Å². The largest absolute Gasteiger partial charge is 0.390 e. The highest BCUT2D eigenvalue weighted by Crippen LogP contribution is 2.09. The fourth-order valence-corrected chi connectivity index (χ4v) is 2.04. The molecule has 2 saturated heterocycles. The van der Waals surface area contributed by atoms with E-state index in [1.165, 1.54) is 0 Å². The molecule has 3 N–H and O–H groups in total. The molecule has 4 heteroatoms. The third-order valence-corrected chi connectivity index (χ3v) is 2.77.